The van der Waals surface area contributed by atoms with Gasteiger partial charge in [0.2, 0.25) is 10.0 Å². The largest absolute Gasteiger partial charge is 0.393 e. The van der Waals surface area contributed by atoms with Crippen LogP contribution in [0.1, 0.15) is 5.82 Å². The first kappa shape index (κ1) is 14.9. The number of hydrogen-bond acceptors (Lipinski definition) is 6. The maximum atomic E-state index is 12.1. The van der Waals surface area contributed by atoms with Crippen LogP contribution in [0, 0.1) is 10.1 Å². The first-order chi connectivity index (χ1) is 9.81. The van der Waals surface area contributed by atoms with E-state index >= 15 is 0 Å². The van der Waals surface area contributed by atoms with Gasteiger partial charge in [-0.2, -0.15) is 0 Å². The molecule has 1 heterocycles. The number of aromatic nitrogens is 2. The number of rotatable bonds is 5. The Kier molecular flexibility index (Phi) is 3.91. The van der Waals surface area contributed by atoms with Crippen LogP contribution in [0.2, 0.25) is 0 Å². The third kappa shape index (κ3) is 3.17. The van der Waals surface area contributed by atoms with Crippen molar-refractivity contribution in [2.45, 2.75) is 11.4 Å². The molecule has 1 aromatic carbocycles. The number of imidazole rings is 1. The fraction of sp³-hybridized carbons (Fsp3) is 0.182. The maximum Gasteiger partial charge on any atom is 0.292 e. The molecule has 21 heavy (non-hydrogen) atoms. The zero-order chi connectivity index (χ0) is 15.6. The molecule has 112 valence electrons. The minimum absolute atomic E-state index is 0.00270. The third-order valence-corrected chi connectivity index (χ3v) is 4.25. The molecule has 2 aromatic rings. The van der Waals surface area contributed by atoms with Crippen LogP contribution in [-0.2, 0) is 23.6 Å². The highest BCUT2D eigenvalue weighted by atomic mass is 32.2. The van der Waals surface area contributed by atoms with Gasteiger partial charge in [0, 0.05) is 25.5 Å². The fourth-order valence-electron chi connectivity index (χ4n) is 1.68. The van der Waals surface area contributed by atoms with Crippen LogP contribution in [-0.4, -0.2) is 22.9 Å². The van der Waals surface area contributed by atoms with Crippen molar-refractivity contribution in [3.05, 3.63) is 46.5 Å². The van der Waals surface area contributed by atoms with E-state index in [1.807, 2.05) is 0 Å². The second-order valence-electron chi connectivity index (χ2n) is 4.26. The van der Waals surface area contributed by atoms with Gasteiger partial charge in [-0.15, -0.1) is 0 Å². The van der Waals surface area contributed by atoms with Crippen molar-refractivity contribution in [2.75, 3.05) is 5.73 Å². The van der Waals surface area contributed by atoms with Crippen LogP contribution in [0.5, 0.6) is 0 Å². The standard InChI is InChI=1S/C11H13N5O4S/c1-15-5-4-13-11(15)7-14-21(19,20)8-2-3-10(16(17)18)9(12)6-8/h2-6,14H,7,12H2,1H3. The van der Waals surface area contributed by atoms with Gasteiger partial charge in [-0.3, -0.25) is 10.1 Å². The Balaban J connectivity index is 2.22. The molecular formula is C11H13N5O4S. The van der Waals surface area contributed by atoms with Gasteiger partial charge in [0.05, 0.1) is 16.4 Å². The molecule has 0 aliphatic heterocycles. The van der Waals surface area contributed by atoms with Crippen LogP contribution >= 0.6 is 0 Å². The summed E-state index contributed by atoms with van der Waals surface area (Å²) in [5, 5.41) is 10.7. The van der Waals surface area contributed by atoms with Crippen LogP contribution in [0.15, 0.2) is 35.5 Å². The summed E-state index contributed by atoms with van der Waals surface area (Å²) in [5.41, 5.74) is 4.94. The monoisotopic (exact) mass is 311 g/mol. The molecule has 1 aromatic heterocycles. The molecular weight excluding hydrogens is 298 g/mol. The van der Waals surface area contributed by atoms with Gasteiger partial charge in [-0.1, -0.05) is 0 Å². The number of nitro benzene ring substituents is 1. The molecule has 2 rings (SSSR count). The molecule has 9 nitrogen and oxygen atoms in total. The minimum atomic E-state index is -3.82. The number of sulfonamides is 1. The van der Waals surface area contributed by atoms with E-state index in [9.17, 15) is 18.5 Å². The maximum absolute atomic E-state index is 12.1. The summed E-state index contributed by atoms with van der Waals surface area (Å²) >= 11 is 0. The highest BCUT2D eigenvalue weighted by Gasteiger charge is 2.19. The molecule has 0 aliphatic carbocycles. The average molecular weight is 311 g/mol. The predicted octanol–water partition coefficient (Wildman–Crippen LogP) is 0.389. The number of benzene rings is 1. The Hall–Kier alpha value is -2.46. The summed E-state index contributed by atoms with van der Waals surface area (Å²) in [6.45, 7) is 0.00270. The van der Waals surface area contributed by atoms with E-state index in [1.165, 1.54) is 0 Å². The van der Waals surface area contributed by atoms with Crippen molar-refractivity contribution in [3.8, 4) is 0 Å². The zero-order valence-corrected chi connectivity index (χ0v) is 11.9. The molecule has 10 heteroatoms. The van der Waals surface area contributed by atoms with Crippen molar-refractivity contribution < 1.29 is 13.3 Å². The van der Waals surface area contributed by atoms with Crippen molar-refractivity contribution >= 4 is 21.4 Å². The lowest BCUT2D eigenvalue weighted by molar-refractivity contribution is -0.383. The minimum Gasteiger partial charge on any atom is -0.393 e. The molecule has 0 bridgehead atoms. The second kappa shape index (κ2) is 5.50. The van der Waals surface area contributed by atoms with Crippen molar-refractivity contribution in [1.82, 2.24) is 14.3 Å². The number of nitrogen functional groups attached to an aromatic ring is 1. The highest BCUT2D eigenvalue weighted by Crippen LogP contribution is 2.24. The Morgan fingerprint density at radius 2 is 2.19 bits per heavy atom. The fourth-order valence-corrected chi connectivity index (χ4v) is 2.69. The van der Waals surface area contributed by atoms with Gasteiger partial charge in [0.25, 0.3) is 5.69 Å². The Labute approximate surface area is 120 Å². The molecule has 0 amide bonds. The van der Waals surface area contributed by atoms with Crippen LogP contribution in [0.3, 0.4) is 0 Å². The Morgan fingerprint density at radius 3 is 2.71 bits per heavy atom. The van der Waals surface area contributed by atoms with E-state index in [-0.39, 0.29) is 22.8 Å². The highest BCUT2D eigenvalue weighted by molar-refractivity contribution is 7.89. The lowest BCUT2D eigenvalue weighted by Gasteiger charge is -2.07. The summed E-state index contributed by atoms with van der Waals surface area (Å²) in [5.74, 6) is 0.536. The number of nitrogens with one attached hydrogen (secondary N) is 1. The van der Waals surface area contributed by atoms with E-state index in [0.29, 0.717) is 5.82 Å². The van der Waals surface area contributed by atoms with Gasteiger partial charge >= 0.3 is 0 Å². The SMILES string of the molecule is Cn1ccnc1CNS(=O)(=O)c1ccc([N+](=O)[O-])c(N)c1. The predicted molar refractivity (Wildman–Crippen MR) is 74.7 cm³/mol. The lowest BCUT2D eigenvalue weighted by atomic mass is 10.3. The van der Waals surface area contributed by atoms with Gasteiger partial charge < -0.3 is 10.3 Å². The molecule has 0 radical (unpaired) electrons. The van der Waals surface area contributed by atoms with Gasteiger partial charge in [-0.05, 0) is 12.1 Å². The van der Waals surface area contributed by atoms with Gasteiger partial charge in [0.1, 0.15) is 11.5 Å². The van der Waals surface area contributed by atoms with Gasteiger partial charge in [0.15, 0.2) is 0 Å². The van der Waals surface area contributed by atoms with E-state index in [2.05, 4.69) is 9.71 Å². The number of nitrogens with zero attached hydrogens (tertiary/aromatic N) is 3. The number of nitrogens with two attached hydrogens (primary N) is 1. The number of anilines is 1. The molecule has 0 saturated carbocycles. The topological polar surface area (TPSA) is 133 Å². The molecule has 0 unspecified atom stereocenters. The molecule has 3 N–H and O–H groups in total. The molecule has 0 fully saturated rings. The lowest BCUT2D eigenvalue weighted by Crippen LogP contribution is -2.24. The van der Waals surface area contributed by atoms with Crippen LogP contribution in [0.25, 0.3) is 0 Å². The summed E-state index contributed by atoms with van der Waals surface area (Å²) < 4.78 is 28.2. The van der Waals surface area contributed by atoms with E-state index < -0.39 is 14.9 Å². The Morgan fingerprint density at radius 1 is 1.48 bits per heavy atom. The van der Waals surface area contributed by atoms with Gasteiger partial charge in [-0.25, -0.2) is 18.1 Å². The smallest absolute Gasteiger partial charge is 0.292 e. The molecule has 0 saturated heterocycles. The first-order valence-corrected chi connectivity index (χ1v) is 7.29. The second-order valence-corrected chi connectivity index (χ2v) is 6.02. The quantitative estimate of drug-likeness (QED) is 0.466. The Bertz CT molecular complexity index is 784. The zero-order valence-electron chi connectivity index (χ0n) is 11.1. The number of hydrogen-bond donors (Lipinski definition) is 2. The first-order valence-electron chi connectivity index (χ1n) is 5.81. The van der Waals surface area contributed by atoms with Crippen molar-refractivity contribution in [2.24, 2.45) is 7.05 Å². The number of nitro groups is 1. The summed E-state index contributed by atoms with van der Waals surface area (Å²) in [6, 6.07) is 3.25. The summed E-state index contributed by atoms with van der Waals surface area (Å²) in [6.07, 6.45) is 3.24. The van der Waals surface area contributed by atoms with Crippen LogP contribution in [0.4, 0.5) is 11.4 Å². The van der Waals surface area contributed by atoms with Crippen molar-refractivity contribution in [3.63, 3.8) is 0 Å². The van der Waals surface area contributed by atoms with E-state index in [1.54, 1.807) is 24.0 Å². The normalized spacial score (nSPS) is 11.5. The number of aryl methyl sites for hydroxylation is 1. The molecule has 0 atom stereocenters. The van der Waals surface area contributed by atoms with Crippen molar-refractivity contribution in [1.29, 1.82) is 0 Å². The average Bonchev–Trinajstić information content (AvgIpc) is 2.81. The summed E-state index contributed by atoms with van der Waals surface area (Å²) in [7, 11) is -2.09. The molecule has 0 spiro atoms. The van der Waals surface area contributed by atoms with E-state index in [4.69, 9.17) is 5.73 Å². The third-order valence-electron chi connectivity index (χ3n) is 2.85. The van der Waals surface area contributed by atoms with E-state index in [0.717, 1.165) is 18.2 Å². The summed E-state index contributed by atoms with van der Waals surface area (Å²) in [4.78, 5) is 13.8. The molecule has 0 aliphatic rings. The van der Waals surface area contributed by atoms with Crippen LogP contribution < -0.4 is 10.5 Å².